The second kappa shape index (κ2) is 3.20. The molecule has 3 heteroatoms. The Morgan fingerprint density at radius 3 is 2.87 bits per heavy atom. The molecule has 3 aromatic rings. The molecule has 3 rings (SSSR count). The maximum Gasteiger partial charge on any atom is 0.0725 e. The van der Waals surface area contributed by atoms with Crippen molar-refractivity contribution < 1.29 is 0 Å². The first-order valence-corrected chi connectivity index (χ1v) is 4.78. The smallest absolute Gasteiger partial charge is 0.0725 e. The molecular formula is C12H9N3. The minimum Gasteiger partial charge on any atom is -0.264 e. The number of pyridine rings is 1. The lowest BCUT2D eigenvalue weighted by molar-refractivity contribution is 0.887. The number of rotatable bonds is 1. The molecule has 0 fully saturated rings. The third-order valence-corrected chi connectivity index (χ3v) is 2.41. The quantitative estimate of drug-likeness (QED) is 0.597. The zero-order chi connectivity index (χ0) is 10.1. The fourth-order valence-electron chi connectivity index (χ4n) is 1.72. The molecule has 0 aliphatic heterocycles. The Labute approximate surface area is 87.0 Å². The van der Waals surface area contributed by atoms with E-state index >= 15 is 0 Å². The number of aromatic nitrogens is 3. The summed E-state index contributed by atoms with van der Waals surface area (Å²) >= 11 is 0. The van der Waals surface area contributed by atoms with Crippen molar-refractivity contribution >= 4 is 10.8 Å². The molecule has 72 valence electrons. The average molecular weight is 195 g/mol. The van der Waals surface area contributed by atoms with Crippen molar-refractivity contribution in [2.24, 2.45) is 0 Å². The molecule has 3 nitrogen and oxygen atoms in total. The summed E-state index contributed by atoms with van der Waals surface area (Å²) in [6.07, 6.45) is 7.38. The maximum absolute atomic E-state index is 4.23. The lowest BCUT2D eigenvalue weighted by atomic mass is 10.1. The number of nitrogens with zero attached hydrogens (tertiary/aromatic N) is 3. The fraction of sp³-hybridized carbons (Fsp3) is 0. The number of benzene rings is 1. The molecule has 0 saturated carbocycles. The summed E-state index contributed by atoms with van der Waals surface area (Å²) in [6.45, 7) is 0. The van der Waals surface area contributed by atoms with Crippen LogP contribution in [0.15, 0.2) is 55.1 Å². The molecule has 0 N–H and O–H groups in total. The molecule has 0 bridgehead atoms. The van der Waals surface area contributed by atoms with E-state index in [1.807, 2.05) is 35.3 Å². The Morgan fingerprint density at radius 2 is 2.00 bits per heavy atom. The highest BCUT2D eigenvalue weighted by Crippen LogP contribution is 2.20. The molecule has 0 saturated heterocycles. The van der Waals surface area contributed by atoms with Crippen molar-refractivity contribution in [1.29, 1.82) is 0 Å². The van der Waals surface area contributed by atoms with E-state index in [4.69, 9.17) is 0 Å². The third-order valence-electron chi connectivity index (χ3n) is 2.41. The SMILES string of the molecule is c1cc(-n2cccn2)c2ccncc2c1. The first-order chi connectivity index (χ1) is 7.45. The average Bonchev–Trinajstić information content (AvgIpc) is 2.82. The van der Waals surface area contributed by atoms with E-state index in [1.165, 1.54) is 0 Å². The normalized spacial score (nSPS) is 10.7. The van der Waals surface area contributed by atoms with Crippen molar-refractivity contribution in [3.05, 3.63) is 55.1 Å². The Morgan fingerprint density at radius 1 is 1.00 bits per heavy atom. The van der Waals surface area contributed by atoms with Gasteiger partial charge in [-0.05, 0) is 18.2 Å². The Kier molecular flexibility index (Phi) is 1.75. The van der Waals surface area contributed by atoms with Crippen LogP contribution in [-0.2, 0) is 0 Å². The van der Waals surface area contributed by atoms with Gasteiger partial charge in [0.2, 0.25) is 0 Å². The van der Waals surface area contributed by atoms with Crippen LogP contribution in [0.2, 0.25) is 0 Å². The summed E-state index contributed by atoms with van der Waals surface area (Å²) in [5, 5.41) is 6.53. The van der Waals surface area contributed by atoms with Crippen molar-refractivity contribution in [3.8, 4) is 5.69 Å². The summed E-state index contributed by atoms with van der Waals surface area (Å²) in [7, 11) is 0. The van der Waals surface area contributed by atoms with E-state index in [-0.39, 0.29) is 0 Å². The minimum atomic E-state index is 1.08. The highest BCUT2D eigenvalue weighted by atomic mass is 15.3. The van der Waals surface area contributed by atoms with Gasteiger partial charge in [0.05, 0.1) is 5.69 Å². The monoisotopic (exact) mass is 195 g/mol. The van der Waals surface area contributed by atoms with Crippen molar-refractivity contribution in [2.75, 3.05) is 0 Å². The zero-order valence-electron chi connectivity index (χ0n) is 8.04. The van der Waals surface area contributed by atoms with Gasteiger partial charge in [0, 0.05) is 35.6 Å². The molecular weight excluding hydrogens is 186 g/mol. The highest BCUT2D eigenvalue weighted by Gasteiger charge is 2.01. The first kappa shape index (κ1) is 8.17. The van der Waals surface area contributed by atoms with Gasteiger partial charge >= 0.3 is 0 Å². The van der Waals surface area contributed by atoms with Crippen LogP contribution in [0.3, 0.4) is 0 Å². The first-order valence-electron chi connectivity index (χ1n) is 4.78. The summed E-state index contributed by atoms with van der Waals surface area (Å²) < 4.78 is 1.86. The van der Waals surface area contributed by atoms with E-state index in [1.54, 1.807) is 12.4 Å². The van der Waals surface area contributed by atoms with Crippen LogP contribution in [-0.4, -0.2) is 14.8 Å². The van der Waals surface area contributed by atoms with Crippen molar-refractivity contribution in [1.82, 2.24) is 14.8 Å². The minimum absolute atomic E-state index is 1.08. The van der Waals surface area contributed by atoms with E-state index in [0.717, 1.165) is 16.5 Å². The standard InChI is InChI=1S/C12H9N3/c1-3-10-9-13-7-5-11(10)12(4-1)15-8-2-6-14-15/h1-9H. The fourth-order valence-corrected chi connectivity index (χ4v) is 1.72. The molecule has 1 aromatic carbocycles. The molecule has 0 aliphatic rings. The molecule has 2 aromatic heterocycles. The van der Waals surface area contributed by atoms with E-state index < -0.39 is 0 Å². The van der Waals surface area contributed by atoms with Crippen LogP contribution >= 0.6 is 0 Å². The Hall–Kier alpha value is -2.16. The largest absolute Gasteiger partial charge is 0.264 e. The Balaban J connectivity index is 2.36. The molecule has 0 radical (unpaired) electrons. The second-order valence-corrected chi connectivity index (χ2v) is 3.32. The van der Waals surface area contributed by atoms with Crippen LogP contribution in [0, 0.1) is 0 Å². The van der Waals surface area contributed by atoms with Gasteiger partial charge in [-0.1, -0.05) is 12.1 Å². The molecule has 0 spiro atoms. The lowest BCUT2D eigenvalue weighted by Crippen LogP contribution is -1.95. The maximum atomic E-state index is 4.23. The van der Waals surface area contributed by atoms with Gasteiger partial charge in [-0.2, -0.15) is 5.10 Å². The lowest BCUT2D eigenvalue weighted by Gasteiger charge is -2.05. The topological polar surface area (TPSA) is 30.7 Å². The molecule has 0 amide bonds. The second-order valence-electron chi connectivity index (χ2n) is 3.32. The van der Waals surface area contributed by atoms with E-state index in [0.29, 0.717) is 0 Å². The number of hydrogen-bond acceptors (Lipinski definition) is 2. The molecule has 0 aliphatic carbocycles. The molecule has 0 unspecified atom stereocenters. The predicted molar refractivity (Wildman–Crippen MR) is 58.9 cm³/mol. The van der Waals surface area contributed by atoms with Crippen LogP contribution in [0.1, 0.15) is 0 Å². The zero-order valence-corrected chi connectivity index (χ0v) is 8.04. The summed E-state index contributed by atoms with van der Waals surface area (Å²) in [5.41, 5.74) is 1.08. The Bertz CT molecular complexity index is 579. The van der Waals surface area contributed by atoms with E-state index in [9.17, 15) is 0 Å². The summed E-state index contributed by atoms with van der Waals surface area (Å²) in [6, 6.07) is 10.0. The van der Waals surface area contributed by atoms with Crippen LogP contribution in [0.5, 0.6) is 0 Å². The van der Waals surface area contributed by atoms with Crippen molar-refractivity contribution in [3.63, 3.8) is 0 Å². The third kappa shape index (κ3) is 1.29. The summed E-state index contributed by atoms with van der Waals surface area (Å²) in [5.74, 6) is 0. The number of hydrogen-bond donors (Lipinski definition) is 0. The molecule has 2 heterocycles. The number of fused-ring (bicyclic) bond motifs is 1. The van der Waals surface area contributed by atoms with Gasteiger partial charge in [-0.15, -0.1) is 0 Å². The van der Waals surface area contributed by atoms with Gasteiger partial charge in [0.15, 0.2) is 0 Å². The van der Waals surface area contributed by atoms with Gasteiger partial charge in [0.1, 0.15) is 0 Å². The van der Waals surface area contributed by atoms with Gasteiger partial charge in [-0.3, -0.25) is 4.98 Å². The highest BCUT2D eigenvalue weighted by molar-refractivity contribution is 5.89. The predicted octanol–water partition coefficient (Wildman–Crippen LogP) is 2.42. The molecule has 15 heavy (non-hydrogen) atoms. The van der Waals surface area contributed by atoms with Crippen molar-refractivity contribution in [2.45, 2.75) is 0 Å². The summed E-state index contributed by atoms with van der Waals surface area (Å²) in [4.78, 5) is 4.11. The van der Waals surface area contributed by atoms with Crippen LogP contribution in [0.4, 0.5) is 0 Å². The molecule has 0 atom stereocenters. The van der Waals surface area contributed by atoms with Gasteiger partial charge in [0.25, 0.3) is 0 Å². The van der Waals surface area contributed by atoms with Crippen LogP contribution in [0.25, 0.3) is 16.5 Å². The van der Waals surface area contributed by atoms with E-state index in [2.05, 4.69) is 22.2 Å². The van der Waals surface area contributed by atoms with Gasteiger partial charge < -0.3 is 0 Å². The van der Waals surface area contributed by atoms with Gasteiger partial charge in [-0.25, -0.2) is 4.68 Å². The van der Waals surface area contributed by atoms with Crippen LogP contribution < -0.4 is 0 Å².